The molecule has 0 spiro atoms. The van der Waals surface area contributed by atoms with Crippen molar-refractivity contribution in [2.45, 2.75) is 20.3 Å². The zero-order valence-corrected chi connectivity index (χ0v) is 9.41. The summed E-state index contributed by atoms with van der Waals surface area (Å²) in [6.07, 6.45) is 0.0724. The molecule has 0 aliphatic rings. The van der Waals surface area contributed by atoms with Gasteiger partial charge in [-0.2, -0.15) is 0 Å². The third-order valence-corrected chi connectivity index (χ3v) is 2.07. The van der Waals surface area contributed by atoms with E-state index in [1.54, 1.807) is 32.0 Å². The molecule has 84 valence electrons. The Hall–Kier alpha value is -1.95. The number of benzene rings is 1. The molecule has 1 aromatic rings. The topological polar surface area (TPSA) is 46.5 Å². The number of hydrogen-bond acceptors (Lipinski definition) is 3. The van der Waals surface area contributed by atoms with Crippen LogP contribution in [0.4, 0.5) is 0 Å². The van der Waals surface area contributed by atoms with Crippen molar-refractivity contribution >= 4 is 5.97 Å². The third-order valence-electron chi connectivity index (χ3n) is 2.07. The molecule has 0 bridgehead atoms. The van der Waals surface area contributed by atoms with E-state index < -0.39 is 0 Å². The van der Waals surface area contributed by atoms with Crippen LogP contribution in [0, 0.1) is 18.8 Å². The maximum absolute atomic E-state index is 11.0. The van der Waals surface area contributed by atoms with E-state index in [2.05, 4.69) is 11.8 Å². The minimum atomic E-state index is -0.326. The molecular formula is C13H14O3. The molecule has 1 rings (SSSR count). The number of aromatic hydroxyl groups is 1. The van der Waals surface area contributed by atoms with Gasteiger partial charge in [-0.15, -0.1) is 0 Å². The van der Waals surface area contributed by atoms with Crippen LogP contribution in [0.5, 0.6) is 5.75 Å². The maximum Gasteiger partial charge on any atom is 0.317 e. The molecule has 3 nitrogen and oxygen atoms in total. The highest BCUT2D eigenvalue weighted by Crippen LogP contribution is 2.18. The number of rotatable bonds is 2. The molecule has 0 saturated carbocycles. The van der Waals surface area contributed by atoms with E-state index in [0.29, 0.717) is 6.61 Å². The largest absolute Gasteiger partial charge is 0.508 e. The lowest BCUT2D eigenvalue weighted by atomic mass is 10.1. The summed E-state index contributed by atoms with van der Waals surface area (Å²) in [5, 5.41) is 9.43. The number of ether oxygens (including phenoxy) is 1. The second kappa shape index (κ2) is 5.82. The Morgan fingerprint density at radius 1 is 1.50 bits per heavy atom. The highest BCUT2D eigenvalue weighted by Gasteiger charge is 2.00. The number of hydrogen-bond donors (Lipinski definition) is 1. The molecule has 0 unspecified atom stereocenters. The SMILES string of the molecule is CCOC(=O)CC#Cc1cccc(O)c1C. The van der Waals surface area contributed by atoms with Gasteiger partial charge >= 0.3 is 5.97 Å². The van der Waals surface area contributed by atoms with Crippen LogP contribution in [-0.4, -0.2) is 17.7 Å². The second-order valence-corrected chi connectivity index (χ2v) is 3.23. The van der Waals surface area contributed by atoms with E-state index in [1.165, 1.54) is 0 Å². The highest BCUT2D eigenvalue weighted by molar-refractivity contribution is 5.72. The van der Waals surface area contributed by atoms with Crippen LogP contribution in [0.1, 0.15) is 24.5 Å². The lowest BCUT2D eigenvalue weighted by Gasteiger charge is -2.00. The van der Waals surface area contributed by atoms with Crippen molar-refractivity contribution in [3.63, 3.8) is 0 Å². The summed E-state index contributed by atoms with van der Waals surface area (Å²) in [5.74, 6) is 5.44. The van der Waals surface area contributed by atoms with Gasteiger partial charge in [-0.25, -0.2) is 0 Å². The predicted molar refractivity (Wildman–Crippen MR) is 61.0 cm³/mol. The van der Waals surface area contributed by atoms with Crippen molar-refractivity contribution in [3.8, 4) is 17.6 Å². The lowest BCUT2D eigenvalue weighted by Crippen LogP contribution is -2.01. The first-order chi connectivity index (χ1) is 7.65. The van der Waals surface area contributed by atoms with Crippen molar-refractivity contribution in [1.29, 1.82) is 0 Å². The van der Waals surface area contributed by atoms with Gasteiger partial charge in [0.15, 0.2) is 0 Å². The number of phenolic OH excluding ortho intramolecular Hbond substituents is 1. The van der Waals surface area contributed by atoms with E-state index in [-0.39, 0.29) is 18.1 Å². The Kier molecular flexibility index (Phi) is 4.41. The molecule has 0 amide bonds. The second-order valence-electron chi connectivity index (χ2n) is 3.23. The predicted octanol–water partition coefficient (Wildman–Crippen LogP) is 2.01. The first-order valence-electron chi connectivity index (χ1n) is 5.08. The molecule has 0 radical (unpaired) electrons. The summed E-state index contributed by atoms with van der Waals surface area (Å²) in [7, 11) is 0. The standard InChI is InChI=1S/C13H14O3/c1-3-16-13(15)9-5-7-11-6-4-8-12(14)10(11)2/h4,6,8,14H,3,9H2,1-2H3. The smallest absolute Gasteiger partial charge is 0.317 e. The molecule has 0 heterocycles. The van der Waals surface area contributed by atoms with Crippen LogP contribution in [-0.2, 0) is 9.53 Å². The van der Waals surface area contributed by atoms with Crippen LogP contribution < -0.4 is 0 Å². The van der Waals surface area contributed by atoms with E-state index in [4.69, 9.17) is 4.74 Å². The van der Waals surface area contributed by atoms with Crippen LogP contribution >= 0.6 is 0 Å². The molecule has 0 fully saturated rings. The molecule has 0 aromatic heterocycles. The summed E-state index contributed by atoms with van der Waals surface area (Å²) in [5.41, 5.74) is 1.45. The number of carbonyl (C=O) groups excluding carboxylic acids is 1. The molecule has 16 heavy (non-hydrogen) atoms. The monoisotopic (exact) mass is 218 g/mol. The number of esters is 1. The number of phenols is 1. The fourth-order valence-corrected chi connectivity index (χ4v) is 1.18. The Morgan fingerprint density at radius 2 is 2.25 bits per heavy atom. The summed E-state index contributed by atoms with van der Waals surface area (Å²) < 4.78 is 4.74. The van der Waals surface area contributed by atoms with Crippen LogP contribution in [0.25, 0.3) is 0 Å². The molecule has 0 aliphatic carbocycles. The fourth-order valence-electron chi connectivity index (χ4n) is 1.18. The van der Waals surface area contributed by atoms with Gasteiger partial charge in [0, 0.05) is 11.1 Å². The first kappa shape index (κ1) is 12.1. The van der Waals surface area contributed by atoms with Crippen molar-refractivity contribution in [2.24, 2.45) is 0 Å². The minimum Gasteiger partial charge on any atom is -0.508 e. The highest BCUT2D eigenvalue weighted by atomic mass is 16.5. The normalized spacial score (nSPS) is 9.12. The quantitative estimate of drug-likeness (QED) is 0.610. The van der Waals surface area contributed by atoms with Gasteiger partial charge in [0.2, 0.25) is 0 Å². The van der Waals surface area contributed by atoms with E-state index >= 15 is 0 Å². The van der Waals surface area contributed by atoms with E-state index in [1.807, 2.05) is 0 Å². The minimum absolute atomic E-state index is 0.0724. The third kappa shape index (κ3) is 3.32. The summed E-state index contributed by atoms with van der Waals surface area (Å²) in [6, 6.07) is 5.12. The first-order valence-corrected chi connectivity index (χ1v) is 5.08. The Morgan fingerprint density at radius 3 is 2.94 bits per heavy atom. The molecule has 1 N–H and O–H groups in total. The maximum atomic E-state index is 11.0. The molecule has 3 heteroatoms. The average Bonchev–Trinajstić information content (AvgIpc) is 2.25. The molecule has 0 aliphatic heterocycles. The van der Waals surface area contributed by atoms with Crippen molar-refractivity contribution in [3.05, 3.63) is 29.3 Å². The summed E-state index contributed by atoms with van der Waals surface area (Å²) >= 11 is 0. The van der Waals surface area contributed by atoms with Crippen LogP contribution in [0.15, 0.2) is 18.2 Å². The Labute approximate surface area is 95.1 Å². The zero-order valence-electron chi connectivity index (χ0n) is 9.41. The van der Waals surface area contributed by atoms with Gasteiger partial charge in [-0.05, 0) is 26.0 Å². The van der Waals surface area contributed by atoms with Crippen molar-refractivity contribution < 1.29 is 14.6 Å². The van der Waals surface area contributed by atoms with Gasteiger partial charge < -0.3 is 9.84 Å². The molecule has 1 aromatic carbocycles. The summed E-state index contributed by atoms with van der Waals surface area (Å²) in [6.45, 7) is 3.90. The van der Waals surface area contributed by atoms with Gasteiger partial charge in [-0.1, -0.05) is 17.9 Å². The Balaban J connectivity index is 2.70. The lowest BCUT2D eigenvalue weighted by molar-refractivity contribution is -0.141. The zero-order chi connectivity index (χ0) is 12.0. The van der Waals surface area contributed by atoms with Crippen LogP contribution in [0.2, 0.25) is 0 Å². The van der Waals surface area contributed by atoms with Crippen molar-refractivity contribution in [1.82, 2.24) is 0 Å². The Bertz CT molecular complexity index is 438. The number of carbonyl (C=O) groups is 1. The molecular weight excluding hydrogens is 204 g/mol. The average molecular weight is 218 g/mol. The molecule has 0 atom stereocenters. The van der Waals surface area contributed by atoms with E-state index in [0.717, 1.165) is 11.1 Å². The van der Waals surface area contributed by atoms with Crippen molar-refractivity contribution in [2.75, 3.05) is 6.61 Å². The molecule has 0 saturated heterocycles. The van der Waals surface area contributed by atoms with Crippen LogP contribution in [0.3, 0.4) is 0 Å². The fraction of sp³-hybridized carbons (Fsp3) is 0.308. The summed E-state index contributed by atoms with van der Waals surface area (Å²) in [4.78, 5) is 11.0. The van der Waals surface area contributed by atoms with Gasteiger partial charge in [0.1, 0.15) is 12.2 Å². The van der Waals surface area contributed by atoms with Gasteiger partial charge in [-0.3, -0.25) is 4.79 Å². The van der Waals surface area contributed by atoms with Gasteiger partial charge in [0.25, 0.3) is 0 Å². The van der Waals surface area contributed by atoms with E-state index in [9.17, 15) is 9.90 Å². The van der Waals surface area contributed by atoms with Gasteiger partial charge in [0.05, 0.1) is 6.61 Å².